The molecule has 46 valence electrons. The first-order valence-corrected chi connectivity index (χ1v) is 3.69. The maximum absolute atomic E-state index is 2.73. The largest absolute Gasteiger partial charge is 0.135 e. The SMILES string of the molecule is CC.CCC(C)P. The Hall–Kier alpha value is 0.430. The van der Waals surface area contributed by atoms with Crippen molar-refractivity contribution in [3.63, 3.8) is 0 Å². The molecule has 0 radical (unpaired) electrons. The maximum Gasteiger partial charge on any atom is -0.0295 e. The van der Waals surface area contributed by atoms with Gasteiger partial charge in [-0.1, -0.05) is 34.1 Å². The van der Waals surface area contributed by atoms with Crippen LogP contribution in [0.3, 0.4) is 0 Å². The van der Waals surface area contributed by atoms with E-state index >= 15 is 0 Å². The average molecular weight is 120 g/mol. The topological polar surface area (TPSA) is 0 Å². The van der Waals surface area contributed by atoms with Crippen LogP contribution >= 0.6 is 9.24 Å². The van der Waals surface area contributed by atoms with Crippen molar-refractivity contribution < 1.29 is 0 Å². The van der Waals surface area contributed by atoms with Gasteiger partial charge >= 0.3 is 0 Å². The minimum atomic E-state index is 0.801. The van der Waals surface area contributed by atoms with Gasteiger partial charge in [-0.2, -0.15) is 0 Å². The lowest BCUT2D eigenvalue weighted by Gasteiger charge is -1.90. The van der Waals surface area contributed by atoms with Gasteiger partial charge in [0.2, 0.25) is 0 Å². The highest BCUT2D eigenvalue weighted by Crippen LogP contribution is 1.99. The Morgan fingerprint density at radius 3 is 1.57 bits per heavy atom. The first-order chi connectivity index (χ1) is 3.27. The Morgan fingerprint density at radius 2 is 1.57 bits per heavy atom. The second-order valence-electron chi connectivity index (χ2n) is 1.39. The quantitative estimate of drug-likeness (QED) is 0.467. The van der Waals surface area contributed by atoms with E-state index in [2.05, 4.69) is 23.1 Å². The summed E-state index contributed by atoms with van der Waals surface area (Å²) in [7, 11) is 2.73. The zero-order valence-corrected chi connectivity index (χ0v) is 7.02. The molecule has 0 saturated carbocycles. The molecular weight excluding hydrogens is 103 g/mol. The Balaban J connectivity index is 0. The zero-order chi connectivity index (χ0) is 6.28. The lowest BCUT2D eigenvalue weighted by Crippen LogP contribution is -1.80. The van der Waals surface area contributed by atoms with Crippen LogP contribution in [0.5, 0.6) is 0 Å². The Bertz CT molecular complexity index is 18.1. The molecule has 0 aromatic carbocycles. The maximum atomic E-state index is 2.73. The van der Waals surface area contributed by atoms with Gasteiger partial charge in [0.1, 0.15) is 0 Å². The van der Waals surface area contributed by atoms with Crippen LogP contribution in [0.2, 0.25) is 0 Å². The van der Waals surface area contributed by atoms with Gasteiger partial charge in [0.25, 0.3) is 0 Å². The average Bonchev–Trinajstić information content (AvgIpc) is 1.73. The second-order valence-corrected chi connectivity index (χ2v) is 2.52. The molecule has 0 aromatic heterocycles. The zero-order valence-electron chi connectivity index (χ0n) is 5.86. The van der Waals surface area contributed by atoms with Crippen LogP contribution in [-0.4, -0.2) is 5.66 Å². The van der Waals surface area contributed by atoms with Crippen molar-refractivity contribution >= 4 is 9.24 Å². The van der Waals surface area contributed by atoms with Crippen molar-refractivity contribution in [3.8, 4) is 0 Å². The molecule has 0 rings (SSSR count). The molecule has 0 fully saturated rings. The molecule has 0 nitrogen and oxygen atoms in total. The second kappa shape index (κ2) is 9.66. The summed E-state index contributed by atoms with van der Waals surface area (Å²) < 4.78 is 0. The van der Waals surface area contributed by atoms with E-state index in [1.165, 1.54) is 6.42 Å². The number of hydrogen-bond donors (Lipinski definition) is 0. The van der Waals surface area contributed by atoms with Crippen molar-refractivity contribution in [1.29, 1.82) is 0 Å². The third-order valence-electron chi connectivity index (χ3n) is 0.644. The van der Waals surface area contributed by atoms with E-state index < -0.39 is 0 Å². The van der Waals surface area contributed by atoms with E-state index in [9.17, 15) is 0 Å². The molecule has 0 spiro atoms. The Morgan fingerprint density at radius 1 is 1.43 bits per heavy atom. The number of hydrogen-bond acceptors (Lipinski definition) is 0. The molecule has 0 bridgehead atoms. The van der Waals surface area contributed by atoms with Crippen molar-refractivity contribution in [3.05, 3.63) is 0 Å². The van der Waals surface area contributed by atoms with E-state index in [4.69, 9.17) is 0 Å². The van der Waals surface area contributed by atoms with Crippen LogP contribution < -0.4 is 0 Å². The molecule has 1 heteroatoms. The van der Waals surface area contributed by atoms with Crippen molar-refractivity contribution in [2.75, 3.05) is 0 Å². The third kappa shape index (κ3) is 21.4. The van der Waals surface area contributed by atoms with Gasteiger partial charge in [-0.05, 0) is 5.66 Å². The van der Waals surface area contributed by atoms with Gasteiger partial charge in [0, 0.05) is 0 Å². The summed E-state index contributed by atoms with van der Waals surface area (Å²) in [5.74, 6) is 0. The van der Waals surface area contributed by atoms with Crippen molar-refractivity contribution in [1.82, 2.24) is 0 Å². The molecule has 0 aliphatic heterocycles. The van der Waals surface area contributed by atoms with E-state index in [1.807, 2.05) is 13.8 Å². The summed E-state index contributed by atoms with van der Waals surface area (Å²) in [6, 6.07) is 0. The van der Waals surface area contributed by atoms with E-state index in [-0.39, 0.29) is 0 Å². The lowest BCUT2D eigenvalue weighted by atomic mass is 10.4. The summed E-state index contributed by atoms with van der Waals surface area (Å²) in [6.45, 7) is 8.36. The highest BCUT2D eigenvalue weighted by molar-refractivity contribution is 7.17. The van der Waals surface area contributed by atoms with E-state index in [0.717, 1.165) is 5.66 Å². The molecule has 7 heavy (non-hydrogen) atoms. The van der Waals surface area contributed by atoms with Gasteiger partial charge < -0.3 is 0 Å². The molecule has 0 N–H and O–H groups in total. The first-order valence-electron chi connectivity index (χ1n) is 3.03. The summed E-state index contributed by atoms with van der Waals surface area (Å²) in [5.41, 5.74) is 0.801. The van der Waals surface area contributed by atoms with Gasteiger partial charge in [-0.3, -0.25) is 0 Å². The van der Waals surface area contributed by atoms with Crippen molar-refractivity contribution in [2.45, 2.75) is 39.8 Å². The molecule has 0 heterocycles. The van der Waals surface area contributed by atoms with Crippen LogP contribution in [0, 0.1) is 0 Å². The van der Waals surface area contributed by atoms with Gasteiger partial charge in [0.05, 0.1) is 0 Å². The molecule has 2 unspecified atom stereocenters. The molecule has 0 aromatic rings. The van der Waals surface area contributed by atoms with Crippen LogP contribution in [0.1, 0.15) is 34.1 Å². The lowest BCUT2D eigenvalue weighted by molar-refractivity contribution is 0.908. The highest BCUT2D eigenvalue weighted by Gasteiger charge is 1.80. The number of rotatable bonds is 1. The van der Waals surface area contributed by atoms with Crippen LogP contribution in [0.4, 0.5) is 0 Å². The molecule has 0 aliphatic carbocycles. The van der Waals surface area contributed by atoms with Crippen molar-refractivity contribution in [2.24, 2.45) is 0 Å². The molecule has 0 amide bonds. The fraction of sp³-hybridized carbons (Fsp3) is 1.00. The highest BCUT2D eigenvalue weighted by atomic mass is 31.0. The van der Waals surface area contributed by atoms with Gasteiger partial charge in [-0.25, -0.2) is 0 Å². The molecule has 0 aliphatic rings. The predicted molar refractivity (Wildman–Crippen MR) is 40.8 cm³/mol. The minimum Gasteiger partial charge on any atom is -0.135 e. The van der Waals surface area contributed by atoms with Gasteiger partial charge in [0.15, 0.2) is 0 Å². The third-order valence-corrected chi connectivity index (χ3v) is 1.12. The standard InChI is InChI=1S/C4H11P.C2H6/c1-3-4(2)5;1-2/h4H,3,5H2,1-2H3;1-2H3. The molecular formula is C6H17P. The Kier molecular flexibility index (Phi) is 14.4. The monoisotopic (exact) mass is 120 g/mol. The Labute approximate surface area is 49.9 Å². The molecule has 0 saturated heterocycles. The normalized spacial score (nSPS) is 11.6. The molecule has 2 atom stereocenters. The van der Waals surface area contributed by atoms with E-state index in [0.29, 0.717) is 0 Å². The van der Waals surface area contributed by atoms with Crippen LogP contribution in [0.15, 0.2) is 0 Å². The fourth-order valence-electron chi connectivity index (χ4n) is 0. The van der Waals surface area contributed by atoms with E-state index in [1.54, 1.807) is 0 Å². The summed E-state index contributed by atoms with van der Waals surface area (Å²) >= 11 is 0. The first kappa shape index (κ1) is 10.4. The summed E-state index contributed by atoms with van der Waals surface area (Å²) in [5, 5.41) is 0. The minimum absolute atomic E-state index is 0.801. The van der Waals surface area contributed by atoms with Crippen LogP contribution in [-0.2, 0) is 0 Å². The summed E-state index contributed by atoms with van der Waals surface area (Å²) in [4.78, 5) is 0. The van der Waals surface area contributed by atoms with Crippen LogP contribution in [0.25, 0.3) is 0 Å². The predicted octanol–water partition coefficient (Wildman–Crippen LogP) is 2.69. The smallest absolute Gasteiger partial charge is 0.0295 e. The summed E-state index contributed by atoms with van der Waals surface area (Å²) in [6.07, 6.45) is 1.27. The fourth-order valence-corrected chi connectivity index (χ4v) is 0. The van der Waals surface area contributed by atoms with Gasteiger partial charge in [-0.15, -0.1) is 9.24 Å².